The van der Waals surface area contributed by atoms with Crippen LogP contribution in [0.15, 0.2) is 60.9 Å². The first-order valence-electron chi connectivity index (χ1n) is 7.42. The summed E-state index contributed by atoms with van der Waals surface area (Å²) in [5.74, 6) is 1.71. The van der Waals surface area contributed by atoms with Crippen molar-refractivity contribution in [3.63, 3.8) is 0 Å². The molecule has 0 saturated carbocycles. The summed E-state index contributed by atoms with van der Waals surface area (Å²) in [5.41, 5.74) is 0.934. The van der Waals surface area contributed by atoms with Crippen LogP contribution in [-0.4, -0.2) is 22.1 Å². The first-order valence-corrected chi connectivity index (χ1v) is 7.42. The lowest BCUT2D eigenvalue weighted by Crippen LogP contribution is -2.33. The molecule has 2 atom stereocenters. The van der Waals surface area contributed by atoms with E-state index in [0.29, 0.717) is 0 Å². The summed E-state index contributed by atoms with van der Waals surface area (Å²) < 4.78 is 5.95. The summed E-state index contributed by atoms with van der Waals surface area (Å²) in [6.45, 7) is 4.14. The summed E-state index contributed by atoms with van der Waals surface area (Å²) in [4.78, 5) is 8.64. The van der Waals surface area contributed by atoms with E-state index in [-0.39, 0.29) is 12.1 Å². The van der Waals surface area contributed by atoms with Gasteiger partial charge in [0.25, 0.3) is 0 Å². The van der Waals surface area contributed by atoms with E-state index in [1.165, 1.54) is 0 Å². The predicted octanol–water partition coefficient (Wildman–Crippen LogP) is 3.90. The number of ether oxygens (including phenoxy) is 1. The largest absolute Gasteiger partial charge is 0.489 e. The molecule has 4 heteroatoms. The molecule has 2 aromatic carbocycles. The first-order chi connectivity index (χ1) is 10.7. The Morgan fingerprint density at radius 1 is 0.909 bits per heavy atom. The average molecular weight is 293 g/mol. The zero-order valence-corrected chi connectivity index (χ0v) is 12.7. The van der Waals surface area contributed by atoms with Crippen LogP contribution in [0.25, 0.3) is 10.9 Å². The van der Waals surface area contributed by atoms with Crippen molar-refractivity contribution in [1.82, 2.24) is 9.97 Å². The van der Waals surface area contributed by atoms with E-state index in [1.54, 1.807) is 6.33 Å². The van der Waals surface area contributed by atoms with Crippen LogP contribution in [0, 0.1) is 0 Å². The molecule has 1 heterocycles. The summed E-state index contributed by atoms with van der Waals surface area (Å²) in [5, 5.41) is 4.45. The Balaban J connectivity index is 1.74. The minimum Gasteiger partial charge on any atom is -0.489 e. The van der Waals surface area contributed by atoms with Crippen molar-refractivity contribution in [2.75, 3.05) is 5.32 Å². The average Bonchev–Trinajstić information content (AvgIpc) is 2.56. The van der Waals surface area contributed by atoms with Gasteiger partial charge in [-0.25, -0.2) is 9.97 Å². The van der Waals surface area contributed by atoms with Crippen LogP contribution in [0.2, 0.25) is 0 Å². The van der Waals surface area contributed by atoms with E-state index < -0.39 is 0 Å². The van der Waals surface area contributed by atoms with Crippen LogP contribution in [0.1, 0.15) is 13.8 Å². The number of hydrogen-bond donors (Lipinski definition) is 1. The third-order valence-corrected chi connectivity index (χ3v) is 3.68. The second-order valence-electron chi connectivity index (χ2n) is 5.31. The summed E-state index contributed by atoms with van der Waals surface area (Å²) >= 11 is 0. The molecule has 1 N–H and O–H groups in total. The van der Waals surface area contributed by atoms with Gasteiger partial charge in [-0.2, -0.15) is 0 Å². The van der Waals surface area contributed by atoms with E-state index in [2.05, 4.69) is 22.2 Å². The van der Waals surface area contributed by atoms with E-state index in [4.69, 9.17) is 4.74 Å². The minimum absolute atomic E-state index is 0.0103. The van der Waals surface area contributed by atoms with Crippen LogP contribution in [-0.2, 0) is 0 Å². The topological polar surface area (TPSA) is 47.0 Å². The number of para-hydroxylation sites is 2. The number of rotatable bonds is 5. The number of fused-ring (bicyclic) bond motifs is 1. The molecule has 0 aliphatic carbocycles. The SMILES string of the molecule is CC(Nc1ncnc2ccccc12)C(C)Oc1ccccc1. The van der Waals surface area contributed by atoms with Crippen LogP contribution < -0.4 is 10.1 Å². The molecule has 112 valence electrons. The van der Waals surface area contributed by atoms with Gasteiger partial charge in [-0.3, -0.25) is 0 Å². The molecule has 0 aliphatic rings. The van der Waals surface area contributed by atoms with Gasteiger partial charge in [0.15, 0.2) is 0 Å². The molecule has 0 aliphatic heterocycles. The van der Waals surface area contributed by atoms with Gasteiger partial charge < -0.3 is 10.1 Å². The Morgan fingerprint density at radius 2 is 1.64 bits per heavy atom. The zero-order valence-electron chi connectivity index (χ0n) is 12.7. The molecule has 0 spiro atoms. The normalized spacial score (nSPS) is 13.5. The highest BCUT2D eigenvalue weighted by Gasteiger charge is 2.15. The molecule has 1 aromatic heterocycles. The molecule has 0 bridgehead atoms. The van der Waals surface area contributed by atoms with Crippen LogP contribution in [0.3, 0.4) is 0 Å². The van der Waals surface area contributed by atoms with Crippen LogP contribution >= 0.6 is 0 Å². The Morgan fingerprint density at radius 3 is 2.45 bits per heavy atom. The highest BCUT2D eigenvalue weighted by Crippen LogP contribution is 2.20. The number of aromatic nitrogens is 2. The summed E-state index contributed by atoms with van der Waals surface area (Å²) in [6.07, 6.45) is 1.59. The van der Waals surface area contributed by atoms with Gasteiger partial charge in [-0.05, 0) is 38.1 Å². The van der Waals surface area contributed by atoms with Gasteiger partial charge in [0.1, 0.15) is 24.0 Å². The standard InChI is InChI=1S/C18H19N3O/c1-13(14(2)22-15-8-4-3-5-9-15)21-18-16-10-6-7-11-17(16)19-12-20-18/h3-14H,1-2H3,(H,19,20,21). The molecule has 0 saturated heterocycles. The lowest BCUT2D eigenvalue weighted by atomic mass is 10.2. The second kappa shape index (κ2) is 6.43. The Kier molecular flexibility index (Phi) is 4.19. The molecule has 3 rings (SSSR count). The van der Waals surface area contributed by atoms with Crippen LogP contribution in [0.4, 0.5) is 5.82 Å². The number of benzene rings is 2. The van der Waals surface area contributed by atoms with Gasteiger partial charge in [0, 0.05) is 5.39 Å². The predicted molar refractivity (Wildman–Crippen MR) is 89.2 cm³/mol. The quantitative estimate of drug-likeness (QED) is 0.775. The molecule has 0 amide bonds. The van der Waals surface area contributed by atoms with E-state index in [1.807, 2.05) is 61.5 Å². The molecule has 3 aromatic rings. The third kappa shape index (κ3) is 3.17. The van der Waals surface area contributed by atoms with Crippen LogP contribution in [0.5, 0.6) is 5.75 Å². The summed E-state index contributed by atoms with van der Waals surface area (Å²) in [6, 6.07) is 17.9. The second-order valence-corrected chi connectivity index (χ2v) is 5.31. The summed E-state index contributed by atoms with van der Waals surface area (Å²) in [7, 11) is 0. The fourth-order valence-electron chi connectivity index (χ4n) is 2.27. The molecule has 0 fully saturated rings. The highest BCUT2D eigenvalue weighted by molar-refractivity contribution is 5.88. The third-order valence-electron chi connectivity index (χ3n) is 3.68. The molecule has 0 radical (unpaired) electrons. The number of nitrogens with one attached hydrogen (secondary N) is 1. The van der Waals surface area contributed by atoms with Crippen molar-refractivity contribution >= 4 is 16.7 Å². The Labute approximate surface area is 130 Å². The zero-order chi connectivity index (χ0) is 15.4. The minimum atomic E-state index is 0.0103. The molecule has 4 nitrogen and oxygen atoms in total. The highest BCUT2D eigenvalue weighted by atomic mass is 16.5. The number of hydrogen-bond acceptors (Lipinski definition) is 4. The number of anilines is 1. The van der Waals surface area contributed by atoms with Gasteiger partial charge >= 0.3 is 0 Å². The molecular formula is C18H19N3O. The fourth-order valence-corrected chi connectivity index (χ4v) is 2.27. The van der Waals surface area contributed by atoms with Crippen molar-refractivity contribution in [2.24, 2.45) is 0 Å². The van der Waals surface area contributed by atoms with Gasteiger partial charge in [0.05, 0.1) is 11.6 Å². The molecule has 22 heavy (non-hydrogen) atoms. The molecule has 2 unspecified atom stereocenters. The van der Waals surface area contributed by atoms with E-state index in [9.17, 15) is 0 Å². The van der Waals surface area contributed by atoms with Gasteiger partial charge in [-0.1, -0.05) is 30.3 Å². The smallest absolute Gasteiger partial charge is 0.137 e. The van der Waals surface area contributed by atoms with Gasteiger partial charge in [0.2, 0.25) is 0 Å². The van der Waals surface area contributed by atoms with Crippen molar-refractivity contribution < 1.29 is 4.74 Å². The first kappa shape index (κ1) is 14.3. The van der Waals surface area contributed by atoms with Crippen molar-refractivity contribution in [3.8, 4) is 5.75 Å². The van der Waals surface area contributed by atoms with E-state index in [0.717, 1.165) is 22.5 Å². The monoisotopic (exact) mass is 293 g/mol. The van der Waals surface area contributed by atoms with Gasteiger partial charge in [-0.15, -0.1) is 0 Å². The maximum Gasteiger partial charge on any atom is 0.137 e. The molecular weight excluding hydrogens is 274 g/mol. The number of nitrogens with zero attached hydrogens (tertiary/aromatic N) is 2. The van der Waals surface area contributed by atoms with E-state index >= 15 is 0 Å². The fraction of sp³-hybridized carbons (Fsp3) is 0.222. The lowest BCUT2D eigenvalue weighted by Gasteiger charge is -2.23. The Hall–Kier alpha value is -2.62. The maximum atomic E-state index is 5.95. The maximum absolute atomic E-state index is 5.95. The lowest BCUT2D eigenvalue weighted by molar-refractivity contribution is 0.204. The van der Waals surface area contributed by atoms with Crippen molar-refractivity contribution in [3.05, 3.63) is 60.9 Å². The van der Waals surface area contributed by atoms with Crippen molar-refractivity contribution in [2.45, 2.75) is 26.0 Å². The van der Waals surface area contributed by atoms with Crippen molar-refractivity contribution in [1.29, 1.82) is 0 Å². The Bertz CT molecular complexity index is 740.